The molecule has 1 heterocycles. The molecule has 0 amide bonds. The quantitative estimate of drug-likeness (QED) is 0.484. The van der Waals surface area contributed by atoms with Crippen molar-refractivity contribution in [2.75, 3.05) is 6.61 Å². The second-order valence-electron chi connectivity index (χ2n) is 12.4. The summed E-state index contributed by atoms with van der Waals surface area (Å²) in [6.45, 7) is 26.1. The molecule has 2 nitrogen and oxygen atoms in total. The number of rotatable bonds is 6. The summed E-state index contributed by atoms with van der Waals surface area (Å²) in [7, 11) is 0. The Labute approximate surface area is 180 Å². The molecule has 1 aliphatic heterocycles. The lowest BCUT2D eigenvalue weighted by Gasteiger charge is -2.36. The van der Waals surface area contributed by atoms with Gasteiger partial charge in [-0.3, -0.25) is 0 Å². The molecule has 0 radical (unpaired) electrons. The minimum Gasteiger partial charge on any atom is -0.475 e. The van der Waals surface area contributed by atoms with Gasteiger partial charge in [-0.05, 0) is 64.2 Å². The highest BCUT2D eigenvalue weighted by atomic mass is 16.5. The molecule has 0 aliphatic carbocycles. The predicted molar refractivity (Wildman–Crippen MR) is 127 cm³/mol. The van der Waals surface area contributed by atoms with Crippen molar-refractivity contribution in [3.05, 3.63) is 34.9 Å². The SMILES string of the molecule is CC(C)CC(C)(CC(C)C)[C@H]1COC(c2cc(C(C)(C)C)cc(C(C)(C)C)c2)=N1. The van der Waals surface area contributed by atoms with Crippen LogP contribution >= 0.6 is 0 Å². The molecule has 1 aromatic rings. The minimum atomic E-state index is 0.0956. The molecule has 1 aliphatic rings. The van der Waals surface area contributed by atoms with E-state index in [4.69, 9.17) is 9.73 Å². The van der Waals surface area contributed by atoms with E-state index in [1.165, 1.54) is 24.0 Å². The maximum Gasteiger partial charge on any atom is 0.216 e. The standard InChI is InChI=1S/C27H45NO/c1-18(2)15-27(11,16-19(3)4)23-17-29-24(28-23)20-12-21(25(5,6)7)14-22(13-20)26(8,9)10/h12-14,18-19,23H,15-17H2,1-11H3/t23-/m1/s1. The number of aliphatic imine (C=N–C) groups is 1. The van der Waals surface area contributed by atoms with Crippen molar-refractivity contribution < 1.29 is 4.74 Å². The average molecular weight is 400 g/mol. The summed E-state index contributed by atoms with van der Waals surface area (Å²) < 4.78 is 6.25. The summed E-state index contributed by atoms with van der Waals surface area (Å²) in [5.41, 5.74) is 4.21. The van der Waals surface area contributed by atoms with Crippen LogP contribution in [-0.4, -0.2) is 18.5 Å². The molecule has 0 saturated heterocycles. The van der Waals surface area contributed by atoms with Gasteiger partial charge in [-0.1, -0.05) is 82.2 Å². The highest BCUT2D eigenvalue weighted by molar-refractivity contribution is 5.95. The minimum absolute atomic E-state index is 0.0956. The molecule has 0 fully saturated rings. The summed E-state index contributed by atoms with van der Waals surface area (Å²) in [5.74, 6) is 2.16. The van der Waals surface area contributed by atoms with Gasteiger partial charge in [0.05, 0.1) is 6.04 Å². The Morgan fingerprint density at radius 1 is 0.828 bits per heavy atom. The lowest BCUT2D eigenvalue weighted by atomic mass is 9.71. The van der Waals surface area contributed by atoms with Crippen molar-refractivity contribution in [2.24, 2.45) is 22.2 Å². The van der Waals surface area contributed by atoms with Crippen LogP contribution in [0.5, 0.6) is 0 Å². The topological polar surface area (TPSA) is 21.6 Å². The van der Waals surface area contributed by atoms with Crippen molar-refractivity contribution >= 4 is 5.90 Å². The van der Waals surface area contributed by atoms with Gasteiger partial charge in [0.1, 0.15) is 6.61 Å². The lowest BCUT2D eigenvalue weighted by molar-refractivity contribution is 0.138. The highest BCUT2D eigenvalue weighted by Gasteiger charge is 2.39. The van der Waals surface area contributed by atoms with E-state index >= 15 is 0 Å². The molecule has 2 heteroatoms. The van der Waals surface area contributed by atoms with E-state index in [9.17, 15) is 0 Å². The number of benzene rings is 1. The summed E-state index contributed by atoms with van der Waals surface area (Å²) in [4.78, 5) is 5.18. The first-order valence-electron chi connectivity index (χ1n) is 11.5. The first-order chi connectivity index (χ1) is 13.1. The molecule has 0 bridgehead atoms. The van der Waals surface area contributed by atoms with Gasteiger partial charge >= 0.3 is 0 Å². The van der Waals surface area contributed by atoms with Crippen LogP contribution in [-0.2, 0) is 15.6 Å². The fourth-order valence-corrected chi connectivity index (χ4v) is 4.73. The second-order valence-corrected chi connectivity index (χ2v) is 12.4. The smallest absolute Gasteiger partial charge is 0.216 e. The summed E-state index contributed by atoms with van der Waals surface area (Å²) in [5, 5.41) is 0. The third-order valence-electron chi connectivity index (χ3n) is 6.12. The summed E-state index contributed by atoms with van der Waals surface area (Å²) >= 11 is 0. The third-order valence-corrected chi connectivity index (χ3v) is 6.12. The van der Waals surface area contributed by atoms with Crippen molar-refractivity contribution in [1.29, 1.82) is 0 Å². The molecule has 1 aromatic carbocycles. The lowest BCUT2D eigenvalue weighted by Crippen LogP contribution is -2.35. The highest BCUT2D eigenvalue weighted by Crippen LogP contribution is 2.41. The molecule has 29 heavy (non-hydrogen) atoms. The fourth-order valence-electron chi connectivity index (χ4n) is 4.73. The van der Waals surface area contributed by atoms with Gasteiger partial charge < -0.3 is 4.74 Å². The first kappa shape index (κ1) is 24.0. The monoisotopic (exact) mass is 399 g/mol. The van der Waals surface area contributed by atoms with E-state index in [0.717, 1.165) is 11.5 Å². The zero-order valence-electron chi connectivity index (χ0n) is 20.9. The van der Waals surface area contributed by atoms with Gasteiger partial charge in [-0.15, -0.1) is 0 Å². The molecule has 0 spiro atoms. The number of nitrogens with zero attached hydrogens (tertiary/aromatic N) is 1. The van der Waals surface area contributed by atoms with E-state index in [0.29, 0.717) is 18.4 Å². The molecule has 0 saturated carbocycles. The fraction of sp³-hybridized carbons (Fsp3) is 0.741. The van der Waals surface area contributed by atoms with Gasteiger partial charge in [0.15, 0.2) is 0 Å². The second kappa shape index (κ2) is 8.44. The number of hydrogen-bond donors (Lipinski definition) is 0. The maximum absolute atomic E-state index is 6.25. The molecule has 2 rings (SSSR count). The molecular formula is C27H45NO. The summed E-state index contributed by atoms with van der Waals surface area (Å²) in [6, 6.07) is 7.17. The Bertz CT molecular complexity index is 686. The zero-order valence-corrected chi connectivity index (χ0v) is 20.9. The van der Waals surface area contributed by atoms with Gasteiger partial charge in [-0.25, -0.2) is 4.99 Å². The van der Waals surface area contributed by atoms with Gasteiger partial charge in [0, 0.05) is 5.56 Å². The molecule has 0 N–H and O–H groups in total. The maximum atomic E-state index is 6.25. The molecular weight excluding hydrogens is 354 g/mol. The number of hydrogen-bond acceptors (Lipinski definition) is 2. The third kappa shape index (κ3) is 6.09. The first-order valence-corrected chi connectivity index (χ1v) is 11.5. The van der Waals surface area contributed by atoms with Crippen molar-refractivity contribution in [2.45, 2.75) is 106 Å². The summed E-state index contributed by atoms with van der Waals surface area (Å²) in [6.07, 6.45) is 2.37. The van der Waals surface area contributed by atoms with E-state index in [1.54, 1.807) is 0 Å². The average Bonchev–Trinajstić information content (AvgIpc) is 3.02. The normalized spacial score (nSPS) is 18.4. The Kier molecular flexibility index (Phi) is 6.97. The van der Waals surface area contributed by atoms with E-state index < -0.39 is 0 Å². The Hall–Kier alpha value is -1.31. The van der Waals surface area contributed by atoms with E-state index in [2.05, 4.69) is 94.4 Å². The van der Waals surface area contributed by atoms with Gasteiger partial charge in [0.2, 0.25) is 5.90 Å². The Morgan fingerprint density at radius 3 is 1.66 bits per heavy atom. The molecule has 0 unspecified atom stereocenters. The van der Waals surface area contributed by atoms with Crippen LogP contribution in [0.2, 0.25) is 0 Å². The molecule has 164 valence electrons. The van der Waals surface area contributed by atoms with E-state index in [1.807, 2.05) is 0 Å². The van der Waals surface area contributed by atoms with Gasteiger partial charge in [-0.2, -0.15) is 0 Å². The van der Waals surface area contributed by atoms with Crippen LogP contribution in [0.1, 0.15) is 106 Å². The van der Waals surface area contributed by atoms with Crippen molar-refractivity contribution in [3.8, 4) is 0 Å². The van der Waals surface area contributed by atoms with Gasteiger partial charge in [0.25, 0.3) is 0 Å². The van der Waals surface area contributed by atoms with Crippen LogP contribution in [0.4, 0.5) is 0 Å². The largest absolute Gasteiger partial charge is 0.475 e. The Morgan fingerprint density at radius 2 is 1.28 bits per heavy atom. The van der Waals surface area contributed by atoms with E-state index in [-0.39, 0.29) is 22.3 Å². The van der Waals surface area contributed by atoms with Crippen molar-refractivity contribution in [1.82, 2.24) is 0 Å². The molecule has 1 atom stereocenters. The number of ether oxygens (including phenoxy) is 1. The zero-order chi connectivity index (χ0) is 22.2. The van der Waals surface area contributed by atoms with Crippen molar-refractivity contribution in [3.63, 3.8) is 0 Å². The van der Waals surface area contributed by atoms with Crippen LogP contribution in [0.3, 0.4) is 0 Å². The van der Waals surface area contributed by atoms with Crippen LogP contribution < -0.4 is 0 Å². The van der Waals surface area contributed by atoms with Crippen LogP contribution in [0.15, 0.2) is 23.2 Å². The van der Waals surface area contributed by atoms with Crippen LogP contribution in [0.25, 0.3) is 0 Å². The van der Waals surface area contributed by atoms with Crippen LogP contribution in [0, 0.1) is 17.3 Å². The predicted octanol–water partition coefficient (Wildman–Crippen LogP) is 7.53. The Balaban J connectivity index is 2.47. The molecule has 0 aromatic heterocycles.